The molecule has 0 aliphatic rings. The quantitative estimate of drug-likeness (QED) is 0.0321. The number of nitrogens with one attached hydrogen (secondary N) is 1. The summed E-state index contributed by atoms with van der Waals surface area (Å²) in [5.74, 6) is -0.0420. The number of unbranched alkanes of at least 4 members (excludes halogenated alkanes) is 43. The van der Waals surface area contributed by atoms with Gasteiger partial charge >= 0.3 is 5.97 Å². The SMILES string of the molecule is CCCCCCCCCCCCCCCCCCCCC(=O)OCCCCCCCC/C=C\CCCCCCCCCC(=O)NC(CO)C(O)CCCCCCCCCCCCCCCC. The predicted molar refractivity (Wildman–Crippen MR) is 287 cm³/mol. The Morgan fingerprint density at radius 1 is 0.409 bits per heavy atom. The zero-order chi connectivity index (χ0) is 47.9. The van der Waals surface area contributed by atoms with E-state index in [-0.39, 0.29) is 18.5 Å². The van der Waals surface area contributed by atoms with Gasteiger partial charge < -0.3 is 20.3 Å². The summed E-state index contributed by atoms with van der Waals surface area (Å²) in [4.78, 5) is 24.5. The summed E-state index contributed by atoms with van der Waals surface area (Å²) in [6.45, 7) is 4.96. The Morgan fingerprint density at radius 3 is 1.08 bits per heavy atom. The molecule has 0 aromatic rings. The number of aliphatic hydroxyl groups excluding tert-OH is 2. The number of rotatable bonds is 56. The Hall–Kier alpha value is -1.40. The number of hydrogen-bond acceptors (Lipinski definition) is 5. The molecule has 0 aromatic carbocycles. The van der Waals surface area contributed by atoms with Crippen LogP contribution in [-0.4, -0.2) is 47.4 Å². The number of amides is 1. The summed E-state index contributed by atoms with van der Waals surface area (Å²) in [7, 11) is 0. The van der Waals surface area contributed by atoms with Crippen molar-refractivity contribution < 1.29 is 24.5 Å². The highest BCUT2D eigenvalue weighted by Crippen LogP contribution is 2.18. The Kier molecular flexibility index (Phi) is 55.0. The van der Waals surface area contributed by atoms with Gasteiger partial charge in [0.15, 0.2) is 0 Å². The lowest BCUT2D eigenvalue weighted by molar-refractivity contribution is -0.143. The smallest absolute Gasteiger partial charge is 0.305 e. The molecule has 2 unspecified atom stereocenters. The maximum Gasteiger partial charge on any atom is 0.305 e. The van der Waals surface area contributed by atoms with E-state index in [9.17, 15) is 19.8 Å². The fourth-order valence-electron chi connectivity index (χ4n) is 9.46. The van der Waals surface area contributed by atoms with Gasteiger partial charge in [0, 0.05) is 12.8 Å². The molecule has 392 valence electrons. The zero-order valence-corrected chi connectivity index (χ0v) is 44.7. The molecule has 0 aliphatic heterocycles. The largest absolute Gasteiger partial charge is 0.466 e. The lowest BCUT2D eigenvalue weighted by atomic mass is 10.0. The van der Waals surface area contributed by atoms with Gasteiger partial charge in [0.2, 0.25) is 5.91 Å². The molecule has 0 saturated heterocycles. The molecule has 0 radical (unpaired) electrons. The normalized spacial score (nSPS) is 12.6. The van der Waals surface area contributed by atoms with Crippen molar-refractivity contribution in [2.45, 2.75) is 347 Å². The minimum atomic E-state index is -0.671. The molecule has 0 heterocycles. The number of hydrogen-bond donors (Lipinski definition) is 3. The lowest BCUT2D eigenvalue weighted by Crippen LogP contribution is -2.45. The van der Waals surface area contributed by atoms with Gasteiger partial charge in [-0.1, -0.05) is 283 Å². The summed E-state index contributed by atoms with van der Waals surface area (Å²) in [5, 5.41) is 23.2. The first-order valence-electron chi connectivity index (χ1n) is 29.9. The molecule has 0 saturated carbocycles. The molecule has 0 rings (SSSR count). The second kappa shape index (κ2) is 56.2. The first kappa shape index (κ1) is 64.6. The van der Waals surface area contributed by atoms with Crippen LogP contribution in [0.4, 0.5) is 0 Å². The Bertz CT molecular complexity index is 986. The Labute approximate surface area is 412 Å². The van der Waals surface area contributed by atoms with Crippen molar-refractivity contribution in [3.8, 4) is 0 Å². The van der Waals surface area contributed by atoms with Crippen LogP contribution >= 0.6 is 0 Å². The Morgan fingerprint density at radius 2 is 0.712 bits per heavy atom. The van der Waals surface area contributed by atoms with Gasteiger partial charge in [0.1, 0.15) is 0 Å². The van der Waals surface area contributed by atoms with E-state index in [4.69, 9.17) is 4.74 Å². The van der Waals surface area contributed by atoms with Crippen molar-refractivity contribution in [3.63, 3.8) is 0 Å². The van der Waals surface area contributed by atoms with Crippen LogP contribution < -0.4 is 5.32 Å². The maximum atomic E-state index is 12.5. The zero-order valence-electron chi connectivity index (χ0n) is 44.7. The van der Waals surface area contributed by atoms with Crippen LogP contribution in [-0.2, 0) is 14.3 Å². The molecule has 6 heteroatoms. The summed E-state index contributed by atoms with van der Waals surface area (Å²) in [5.41, 5.74) is 0. The number of ether oxygens (including phenoxy) is 1. The minimum Gasteiger partial charge on any atom is -0.466 e. The molecule has 66 heavy (non-hydrogen) atoms. The van der Waals surface area contributed by atoms with Crippen LogP contribution in [0.2, 0.25) is 0 Å². The fourth-order valence-corrected chi connectivity index (χ4v) is 9.46. The predicted octanol–water partition coefficient (Wildman–Crippen LogP) is 18.5. The van der Waals surface area contributed by atoms with Crippen LogP contribution in [0, 0.1) is 0 Å². The molecular formula is C60H117NO5. The van der Waals surface area contributed by atoms with E-state index < -0.39 is 12.1 Å². The summed E-state index contributed by atoms with van der Waals surface area (Å²) < 4.78 is 5.49. The third kappa shape index (κ3) is 52.0. The van der Waals surface area contributed by atoms with Crippen LogP contribution in [0.15, 0.2) is 12.2 Å². The third-order valence-electron chi connectivity index (χ3n) is 14.1. The number of esters is 1. The molecule has 6 nitrogen and oxygen atoms in total. The summed E-state index contributed by atoms with van der Waals surface area (Å²) in [6, 6.07) is -0.549. The second-order valence-corrected chi connectivity index (χ2v) is 20.7. The van der Waals surface area contributed by atoms with E-state index in [1.165, 1.54) is 250 Å². The van der Waals surface area contributed by atoms with Crippen molar-refractivity contribution >= 4 is 11.9 Å². The van der Waals surface area contributed by atoms with Crippen molar-refractivity contribution in [2.24, 2.45) is 0 Å². The van der Waals surface area contributed by atoms with Gasteiger partial charge in [0.25, 0.3) is 0 Å². The summed E-state index contributed by atoms with van der Waals surface area (Å²) in [6.07, 6.45) is 66.4. The van der Waals surface area contributed by atoms with E-state index in [1.807, 2.05) is 0 Å². The van der Waals surface area contributed by atoms with E-state index in [0.29, 0.717) is 25.9 Å². The highest BCUT2D eigenvalue weighted by Gasteiger charge is 2.20. The average molecular weight is 933 g/mol. The van der Waals surface area contributed by atoms with Crippen LogP contribution in [0.5, 0.6) is 0 Å². The van der Waals surface area contributed by atoms with Gasteiger partial charge in [-0.3, -0.25) is 9.59 Å². The number of allylic oxidation sites excluding steroid dienone is 2. The molecule has 0 fully saturated rings. The Balaban J connectivity index is 3.42. The minimum absolute atomic E-state index is 0.00319. The standard InChI is InChI=1S/C60H117NO5/c1-3-5-7-9-11-13-15-17-19-20-23-26-30-34-38-42-46-50-54-60(65)66-55-51-47-43-39-35-31-27-24-21-22-25-29-33-37-41-45-49-53-59(64)61-57(56-62)58(63)52-48-44-40-36-32-28-18-16-14-12-10-8-6-4-2/h21,24,57-58,62-63H,3-20,22-23,25-56H2,1-2H3,(H,61,64)/b24-21-. The molecular weight excluding hydrogens is 815 g/mol. The van der Waals surface area contributed by atoms with Crippen LogP contribution in [0.1, 0.15) is 335 Å². The molecule has 0 aromatic heterocycles. The maximum absolute atomic E-state index is 12.5. The van der Waals surface area contributed by atoms with Crippen molar-refractivity contribution in [1.29, 1.82) is 0 Å². The van der Waals surface area contributed by atoms with Crippen molar-refractivity contribution in [1.82, 2.24) is 5.32 Å². The average Bonchev–Trinajstić information content (AvgIpc) is 3.32. The van der Waals surface area contributed by atoms with Gasteiger partial charge in [0.05, 0.1) is 25.4 Å². The lowest BCUT2D eigenvalue weighted by Gasteiger charge is -2.22. The van der Waals surface area contributed by atoms with E-state index in [2.05, 4.69) is 31.3 Å². The topological polar surface area (TPSA) is 95.9 Å². The molecule has 2 atom stereocenters. The van der Waals surface area contributed by atoms with Gasteiger partial charge in [-0.05, 0) is 51.4 Å². The molecule has 0 aliphatic carbocycles. The van der Waals surface area contributed by atoms with E-state index in [1.54, 1.807) is 0 Å². The number of carbonyl (C=O) groups is 2. The van der Waals surface area contributed by atoms with Gasteiger partial charge in [-0.25, -0.2) is 0 Å². The molecule has 3 N–H and O–H groups in total. The molecule has 0 spiro atoms. The fraction of sp³-hybridized carbons (Fsp3) is 0.933. The highest BCUT2D eigenvalue weighted by atomic mass is 16.5. The van der Waals surface area contributed by atoms with Crippen LogP contribution in [0.25, 0.3) is 0 Å². The molecule has 0 bridgehead atoms. The van der Waals surface area contributed by atoms with Crippen molar-refractivity contribution in [2.75, 3.05) is 13.2 Å². The third-order valence-corrected chi connectivity index (χ3v) is 14.1. The highest BCUT2D eigenvalue weighted by molar-refractivity contribution is 5.76. The number of aliphatic hydroxyl groups is 2. The van der Waals surface area contributed by atoms with Crippen molar-refractivity contribution in [3.05, 3.63) is 12.2 Å². The summed E-state index contributed by atoms with van der Waals surface area (Å²) >= 11 is 0. The second-order valence-electron chi connectivity index (χ2n) is 20.7. The van der Waals surface area contributed by atoms with E-state index >= 15 is 0 Å². The molecule has 1 amide bonds. The first-order chi connectivity index (χ1) is 32.5. The van der Waals surface area contributed by atoms with Gasteiger partial charge in [-0.2, -0.15) is 0 Å². The monoisotopic (exact) mass is 932 g/mol. The van der Waals surface area contributed by atoms with Gasteiger partial charge in [-0.15, -0.1) is 0 Å². The van der Waals surface area contributed by atoms with E-state index in [0.717, 1.165) is 51.4 Å². The first-order valence-corrected chi connectivity index (χ1v) is 29.9. The number of carbonyl (C=O) groups excluding carboxylic acids is 2. The van der Waals surface area contributed by atoms with Crippen LogP contribution in [0.3, 0.4) is 0 Å².